The number of nitrogens with two attached hydrogens (primary N) is 1. The topological polar surface area (TPSA) is 70.7 Å². The van der Waals surface area contributed by atoms with Gasteiger partial charge in [0.1, 0.15) is 23.3 Å². The number of nitrogens with zero attached hydrogens (tertiary/aromatic N) is 2. The fourth-order valence-corrected chi connectivity index (χ4v) is 5.44. The summed E-state index contributed by atoms with van der Waals surface area (Å²) in [5.74, 6) is -1.84. The predicted octanol–water partition coefficient (Wildman–Crippen LogP) is 6.04. The zero-order chi connectivity index (χ0) is 27.4. The maximum absolute atomic E-state index is 14.2. The molecule has 0 aliphatic carbocycles. The Hall–Kier alpha value is -3.55. The molecule has 1 fully saturated rings. The van der Waals surface area contributed by atoms with E-state index in [1.54, 1.807) is 12.1 Å². The average molecular weight is 525 g/mol. The molecule has 0 saturated carbocycles. The second kappa shape index (κ2) is 11.5. The normalized spacial score (nSPS) is 20.6. The van der Waals surface area contributed by atoms with Crippen molar-refractivity contribution in [1.82, 2.24) is 10.2 Å². The third-order valence-electron chi connectivity index (χ3n) is 8.11. The smallest absolute Gasteiger partial charge is 0.254 e. The Balaban J connectivity index is 1.65. The summed E-state index contributed by atoms with van der Waals surface area (Å²) < 4.78 is 41.3. The van der Waals surface area contributed by atoms with Gasteiger partial charge in [-0.1, -0.05) is 39.3 Å². The first-order chi connectivity index (χ1) is 18.2. The molecule has 5 nitrogen and oxygen atoms in total. The van der Waals surface area contributed by atoms with Crippen LogP contribution in [-0.2, 0) is 0 Å². The maximum Gasteiger partial charge on any atom is 0.254 e. The van der Waals surface area contributed by atoms with Crippen LogP contribution in [-0.4, -0.2) is 36.3 Å². The minimum absolute atomic E-state index is 0.174. The van der Waals surface area contributed by atoms with Crippen LogP contribution in [0.1, 0.15) is 62.4 Å². The van der Waals surface area contributed by atoms with Crippen molar-refractivity contribution < 1.29 is 18.0 Å². The van der Waals surface area contributed by atoms with Crippen LogP contribution in [0.3, 0.4) is 0 Å². The zero-order valence-electron chi connectivity index (χ0n) is 22.2. The molecular weight excluding hydrogens is 489 g/mol. The first-order valence-electron chi connectivity index (χ1n) is 13.2. The third-order valence-corrected chi connectivity index (χ3v) is 8.11. The summed E-state index contributed by atoms with van der Waals surface area (Å²) in [5, 5.41) is 2.93. The standard InChI is InChI=1S/C30H35F3N4O/c1-4-19(3)30(17-36-29(38)24-11-10-23(32)15-25(24)33)12-13-37(18-30)26-14-20(5-2)16-35-28(34)27(26)21-6-8-22(31)9-7-21/h6-11,15-16,19H,4-5,12-14,17-18H2,1-3H3,(H2,34,35)(H,36,38). The Morgan fingerprint density at radius 2 is 1.84 bits per heavy atom. The van der Waals surface area contributed by atoms with Crippen LogP contribution in [0.25, 0.3) is 5.57 Å². The number of hydrogen-bond acceptors (Lipinski definition) is 4. The fraction of sp³-hybridized carbons (Fsp3) is 0.400. The molecule has 2 aromatic carbocycles. The van der Waals surface area contributed by atoms with E-state index in [1.807, 2.05) is 6.20 Å². The number of aliphatic imine (C=N–C) groups is 1. The molecule has 2 aliphatic heterocycles. The van der Waals surface area contributed by atoms with Gasteiger partial charge in [-0.2, -0.15) is 0 Å². The lowest BCUT2D eigenvalue weighted by Gasteiger charge is -2.36. The molecular formula is C30H35F3N4O. The van der Waals surface area contributed by atoms with Crippen LogP contribution < -0.4 is 11.1 Å². The molecule has 2 aromatic rings. The van der Waals surface area contributed by atoms with Crippen molar-refractivity contribution in [2.24, 2.45) is 22.1 Å². The average Bonchev–Trinajstić information content (AvgIpc) is 3.27. The van der Waals surface area contributed by atoms with Crippen LogP contribution >= 0.6 is 0 Å². The summed E-state index contributed by atoms with van der Waals surface area (Å²) in [6.07, 6.45) is 5.03. The number of carbonyl (C=O) groups excluding carboxylic acids is 1. The van der Waals surface area contributed by atoms with Gasteiger partial charge in [-0.15, -0.1) is 0 Å². The number of halogens is 3. The first kappa shape index (κ1) is 27.5. The molecule has 38 heavy (non-hydrogen) atoms. The van der Waals surface area contributed by atoms with Crippen LogP contribution in [0, 0.1) is 28.8 Å². The summed E-state index contributed by atoms with van der Waals surface area (Å²) in [6, 6.07) is 9.26. The largest absolute Gasteiger partial charge is 0.383 e. The lowest BCUT2D eigenvalue weighted by atomic mass is 9.74. The number of benzene rings is 2. The number of likely N-dealkylation sites (tertiary alicyclic amines) is 1. The minimum Gasteiger partial charge on any atom is -0.383 e. The van der Waals surface area contributed by atoms with Crippen molar-refractivity contribution in [3.63, 3.8) is 0 Å². The molecule has 2 aliphatic rings. The molecule has 3 N–H and O–H groups in total. The molecule has 0 radical (unpaired) electrons. The van der Waals surface area contributed by atoms with Crippen molar-refractivity contribution >= 4 is 17.3 Å². The van der Waals surface area contributed by atoms with Gasteiger partial charge in [0.2, 0.25) is 0 Å². The molecule has 2 heterocycles. The second-order valence-corrected chi connectivity index (χ2v) is 10.3. The molecule has 0 bridgehead atoms. The SMILES string of the molecule is CCC1=CN=C(N)C(c2ccc(F)cc2)=C(N2CCC(CNC(=O)c3ccc(F)cc3F)(C(C)CC)C2)C1. The van der Waals surface area contributed by atoms with E-state index in [4.69, 9.17) is 5.73 Å². The highest BCUT2D eigenvalue weighted by Gasteiger charge is 2.43. The minimum atomic E-state index is -0.880. The van der Waals surface area contributed by atoms with Crippen LogP contribution in [0.5, 0.6) is 0 Å². The Bertz CT molecular complexity index is 1280. The summed E-state index contributed by atoms with van der Waals surface area (Å²) in [6.45, 7) is 8.13. The van der Waals surface area contributed by atoms with Gasteiger partial charge in [-0.25, -0.2) is 18.2 Å². The summed E-state index contributed by atoms with van der Waals surface area (Å²) in [5.41, 5.74) is 9.80. The van der Waals surface area contributed by atoms with Gasteiger partial charge in [0.15, 0.2) is 0 Å². The molecule has 1 saturated heterocycles. The van der Waals surface area contributed by atoms with Gasteiger partial charge in [0.05, 0.1) is 5.56 Å². The highest BCUT2D eigenvalue weighted by Crippen LogP contribution is 2.43. The quantitative estimate of drug-likeness (QED) is 0.443. The van der Waals surface area contributed by atoms with E-state index in [1.165, 1.54) is 18.2 Å². The third kappa shape index (κ3) is 5.64. The molecule has 1 amide bonds. The second-order valence-electron chi connectivity index (χ2n) is 10.3. The van der Waals surface area contributed by atoms with Gasteiger partial charge in [-0.3, -0.25) is 4.79 Å². The van der Waals surface area contributed by atoms with Crippen molar-refractivity contribution in [2.45, 2.75) is 46.5 Å². The van der Waals surface area contributed by atoms with Gasteiger partial charge in [0.25, 0.3) is 5.91 Å². The van der Waals surface area contributed by atoms with E-state index in [-0.39, 0.29) is 22.7 Å². The van der Waals surface area contributed by atoms with Crippen LogP contribution in [0.4, 0.5) is 13.2 Å². The van der Waals surface area contributed by atoms with Crippen molar-refractivity contribution in [1.29, 1.82) is 0 Å². The van der Waals surface area contributed by atoms with Crippen LogP contribution in [0.2, 0.25) is 0 Å². The van der Waals surface area contributed by atoms with Crippen LogP contribution in [0.15, 0.2) is 64.9 Å². The van der Waals surface area contributed by atoms with Gasteiger partial charge in [-0.05, 0) is 54.2 Å². The Labute approximate surface area is 222 Å². The number of hydrogen-bond donors (Lipinski definition) is 2. The van der Waals surface area contributed by atoms with E-state index in [0.717, 1.165) is 60.3 Å². The Morgan fingerprint density at radius 1 is 1.13 bits per heavy atom. The van der Waals surface area contributed by atoms with E-state index in [9.17, 15) is 18.0 Å². The number of allylic oxidation sites excluding steroid dienone is 1. The monoisotopic (exact) mass is 524 g/mol. The number of carbonyl (C=O) groups is 1. The first-order valence-corrected chi connectivity index (χ1v) is 13.2. The maximum atomic E-state index is 14.2. The summed E-state index contributed by atoms with van der Waals surface area (Å²) in [7, 11) is 0. The molecule has 202 valence electrons. The summed E-state index contributed by atoms with van der Waals surface area (Å²) >= 11 is 0. The molecule has 0 spiro atoms. The van der Waals surface area contributed by atoms with Crippen molar-refractivity contribution in [3.05, 3.63) is 88.5 Å². The van der Waals surface area contributed by atoms with Gasteiger partial charge in [0, 0.05) is 55.0 Å². The van der Waals surface area contributed by atoms with E-state index < -0.39 is 17.5 Å². The predicted molar refractivity (Wildman–Crippen MR) is 145 cm³/mol. The van der Waals surface area contributed by atoms with E-state index >= 15 is 0 Å². The fourth-order valence-electron chi connectivity index (χ4n) is 5.44. The molecule has 0 aromatic heterocycles. The van der Waals surface area contributed by atoms with Gasteiger partial charge < -0.3 is 16.0 Å². The molecule has 2 unspecified atom stereocenters. The van der Waals surface area contributed by atoms with Gasteiger partial charge >= 0.3 is 0 Å². The van der Waals surface area contributed by atoms with Crippen molar-refractivity contribution in [3.8, 4) is 0 Å². The molecule has 8 heteroatoms. The lowest BCUT2D eigenvalue weighted by molar-refractivity contribution is 0.0900. The highest BCUT2D eigenvalue weighted by molar-refractivity contribution is 6.23. The van der Waals surface area contributed by atoms with E-state index in [2.05, 4.69) is 36.0 Å². The molecule has 2 atom stereocenters. The van der Waals surface area contributed by atoms with Crippen molar-refractivity contribution in [2.75, 3.05) is 19.6 Å². The number of amidine groups is 1. The Kier molecular flexibility index (Phi) is 8.29. The molecule has 4 rings (SSSR count). The van der Waals surface area contributed by atoms with E-state index in [0.29, 0.717) is 25.3 Å². The Morgan fingerprint density at radius 3 is 2.50 bits per heavy atom. The lowest BCUT2D eigenvalue weighted by Crippen LogP contribution is -2.44. The number of nitrogens with one attached hydrogen (secondary N) is 1. The zero-order valence-corrected chi connectivity index (χ0v) is 22.2. The summed E-state index contributed by atoms with van der Waals surface area (Å²) in [4.78, 5) is 19.7. The number of amides is 1. The number of rotatable bonds is 8. The highest BCUT2D eigenvalue weighted by atomic mass is 19.1.